The van der Waals surface area contributed by atoms with Gasteiger partial charge in [-0.05, 0) is 19.1 Å². The van der Waals surface area contributed by atoms with E-state index in [4.69, 9.17) is 0 Å². The van der Waals surface area contributed by atoms with Gasteiger partial charge >= 0.3 is 5.97 Å². The van der Waals surface area contributed by atoms with Gasteiger partial charge in [0.15, 0.2) is 23.1 Å². The zero-order valence-corrected chi connectivity index (χ0v) is 12.3. The standard InChI is InChI=1S/C16H10F3N3O2/c1-8-14(16(23)24)21-22(15(8)9-3-2-4-20-7-9)10-5-11(17)13(19)12(18)6-10/h2-7H,1H3,(H,23,24). The molecule has 0 fully saturated rings. The van der Waals surface area contributed by atoms with Gasteiger partial charge in [0.25, 0.3) is 0 Å². The molecule has 3 aromatic rings. The van der Waals surface area contributed by atoms with Gasteiger partial charge in [0.1, 0.15) is 0 Å². The Bertz CT molecular complexity index is 916. The maximum absolute atomic E-state index is 13.5. The number of halogens is 3. The molecule has 122 valence electrons. The average Bonchev–Trinajstić information content (AvgIpc) is 2.90. The minimum absolute atomic E-state index is 0.138. The van der Waals surface area contributed by atoms with E-state index in [1.807, 2.05) is 0 Å². The quantitative estimate of drug-likeness (QED) is 0.746. The van der Waals surface area contributed by atoms with E-state index in [2.05, 4.69) is 10.1 Å². The number of carboxylic acids is 1. The van der Waals surface area contributed by atoms with Crippen molar-refractivity contribution in [3.8, 4) is 16.9 Å². The number of benzene rings is 1. The van der Waals surface area contributed by atoms with E-state index in [-0.39, 0.29) is 11.4 Å². The maximum atomic E-state index is 13.5. The first kappa shape index (κ1) is 15.7. The number of rotatable bonds is 3. The van der Waals surface area contributed by atoms with Gasteiger partial charge < -0.3 is 5.11 Å². The third-order valence-electron chi connectivity index (χ3n) is 3.47. The number of hydrogen-bond donors (Lipinski definition) is 1. The molecular formula is C16H10F3N3O2. The van der Waals surface area contributed by atoms with Crippen LogP contribution in [0.25, 0.3) is 16.9 Å². The zero-order chi connectivity index (χ0) is 17.4. The molecule has 2 heterocycles. The van der Waals surface area contributed by atoms with Crippen molar-refractivity contribution < 1.29 is 23.1 Å². The Morgan fingerprint density at radius 2 is 1.88 bits per heavy atom. The Balaban J connectivity index is 2.32. The average molecular weight is 333 g/mol. The molecule has 0 aliphatic carbocycles. The molecule has 1 N–H and O–H groups in total. The normalized spacial score (nSPS) is 10.8. The Hall–Kier alpha value is -3.16. The van der Waals surface area contributed by atoms with E-state index in [1.54, 1.807) is 12.1 Å². The van der Waals surface area contributed by atoms with Crippen LogP contribution in [0.3, 0.4) is 0 Å². The van der Waals surface area contributed by atoms with Crippen LogP contribution in [0.15, 0.2) is 36.7 Å². The predicted octanol–water partition coefficient (Wildman–Crippen LogP) is 3.36. The molecule has 0 aliphatic rings. The third-order valence-corrected chi connectivity index (χ3v) is 3.47. The van der Waals surface area contributed by atoms with Crippen LogP contribution >= 0.6 is 0 Å². The zero-order valence-electron chi connectivity index (χ0n) is 12.3. The molecule has 3 rings (SSSR count). The van der Waals surface area contributed by atoms with Crippen molar-refractivity contribution in [3.05, 3.63) is 65.4 Å². The van der Waals surface area contributed by atoms with Crippen LogP contribution in [0.4, 0.5) is 13.2 Å². The third kappa shape index (κ3) is 2.51. The number of carboxylic acid groups (broad SMARTS) is 1. The van der Waals surface area contributed by atoms with Crippen LogP contribution in [-0.2, 0) is 0 Å². The fraction of sp³-hybridized carbons (Fsp3) is 0.0625. The number of aromatic carboxylic acids is 1. The van der Waals surface area contributed by atoms with Gasteiger partial charge in [-0.1, -0.05) is 0 Å². The first-order valence-electron chi connectivity index (χ1n) is 6.78. The first-order valence-corrected chi connectivity index (χ1v) is 6.78. The smallest absolute Gasteiger partial charge is 0.356 e. The highest BCUT2D eigenvalue weighted by molar-refractivity contribution is 5.89. The second kappa shape index (κ2) is 5.80. The summed E-state index contributed by atoms with van der Waals surface area (Å²) in [4.78, 5) is 15.3. The molecule has 0 spiro atoms. The summed E-state index contributed by atoms with van der Waals surface area (Å²) in [5, 5.41) is 13.2. The Labute approximate surface area is 134 Å². The highest BCUT2D eigenvalue weighted by atomic mass is 19.2. The lowest BCUT2D eigenvalue weighted by Crippen LogP contribution is -2.04. The molecule has 0 radical (unpaired) electrons. The monoisotopic (exact) mass is 333 g/mol. The second-order valence-corrected chi connectivity index (χ2v) is 5.00. The summed E-state index contributed by atoms with van der Waals surface area (Å²) >= 11 is 0. The SMILES string of the molecule is Cc1c(C(=O)O)nn(-c2cc(F)c(F)c(F)c2)c1-c1cccnc1. The summed E-state index contributed by atoms with van der Waals surface area (Å²) in [5.74, 6) is -5.69. The number of carbonyl (C=O) groups is 1. The molecule has 0 amide bonds. The van der Waals surface area contributed by atoms with Gasteiger partial charge in [0.05, 0.1) is 11.4 Å². The lowest BCUT2D eigenvalue weighted by atomic mass is 10.1. The van der Waals surface area contributed by atoms with Gasteiger partial charge in [-0.3, -0.25) is 4.98 Å². The van der Waals surface area contributed by atoms with Crippen molar-refractivity contribution in [1.29, 1.82) is 0 Å². The summed E-state index contributed by atoms with van der Waals surface area (Å²) in [6.45, 7) is 1.52. The highest BCUT2D eigenvalue weighted by Crippen LogP contribution is 2.29. The van der Waals surface area contributed by atoms with E-state index in [1.165, 1.54) is 19.3 Å². The predicted molar refractivity (Wildman–Crippen MR) is 78.4 cm³/mol. The van der Waals surface area contributed by atoms with Crippen molar-refractivity contribution in [2.75, 3.05) is 0 Å². The molecule has 0 atom stereocenters. The van der Waals surface area contributed by atoms with Gasteiger partial charge in [-0.15, -0.1) is 0 Å². The van der Waals surface area contributed by atoms with Crippen molar-refractivity contribution in [2.24, 2.45) is 0 Å². The number of pyridine rings is 1. The van der Waals surface area contributed by atoms with E-state index < -0.39 is 23.4 Å². The second-order valence-electron chi connectivity index (χ2n) is 5.00. The fourth-order valence-electron chi connectivity index (χ4n) is 2.39. The molecule has 24 heavy (non-hydrogen) atoms. The number of aromatic nitrogens is 3. The minimum Gasteiger partial charge on any atom is -0.476 e. The molecule has 8 heteroatoms. The number of nitrogens with zero attached hydrogens (tertiary/aromatic N) is 3. The molecule has 5 nitrogen and oxygen atoms in total. The number of hydrogen-bond acceptors (Lipinski definition) is 3. The molecule has 0 saturated heterocycles. The summed E-state index contributed by atoms with van der Waals surface area (Å²) < 4.78 is 41.3. The summed E-state index contributed by atoms with van der Waals surface area (Å²) in [6.07, 6.45) is 2.98. The summed E-state index contributed by atoms with van der Waals surface area (Å²) in [7, 11) is 0. The first-order chi connectivity index (χ1) is 11.4. The van der Waals surface area contributed by atoms with E-state index in [0.717, 1.165) is 16.8 Å². The summed E-state index contributed by atoms with van der Waals surface area (Å²) in [5.41, 5.74) is 0.673. The van der Waals surface area contributed by atoms with Gasteiger partial charge in [-0.2, -0.15) is 5.10 Å². The van der Waals surface area contributed by atoms with Gasteiger partial charge in [-0.25, -0.2) is 22.6 Å². The van der Waals surface area contributed by atoms with Crippen LogP contribution in [-0.4, -0.2) is 25.8 Å². The molecule has 0 bridgehead atoms. The molecule has 0 saturated carbocycles. The molecule has 0 aliphatic heterocycles. The minimum atomic E-state index is -1.61. The van der Waals surface area contributed by atoms with Crippen molar-refractivity contribution in [3.63, 3.8) is 0 Å². The van der Waals surface area contributed by atoms with E-state index >= 15 is 0 Å². The van der Waals surface area contributed by atoms with Crippen LogP contribution < -0.4 is 0 Å². The maximum Gasteiger partial charge on any atom is 0.356 e. The van der Waals surface area contributed by atoms with Crippen molar-refractivity contribution >= 4 is 5.97 Å². The van der Waals surface area contributed by atoms with E-state index in [9.17, 15) is 23.1 Å². The molecular weight excluding hydrogens is 323 g/mol. The van der Waals surface area contributed by atoms with Crippen LogP contribution in [0.2, 0.25) is 0 Å². The molecule has 1 aromatic carbocycles. The lowest BCUT2D eigenvalue weighted by Gasteiger charge is -2.09. The van der Waals surface area contributed by atoms with Crippen LogP contribution in [0.1, 0.15) is 16.1 Å². The highest BCUT2D eigenvalue weighted by Gasteiger charge is 2.23. The van der Waals surface area contributed by atoms with Crippen molar-refractivity contribution in [1.82, 2.24) is 14.8 Å². The van der Waals surface area contributed by atoms with Crippen LogP contribution in [0, 0.1) is 24.4 Å². The summed E-state index contributed by atoms with van der Waals surface area (Å²) in [6, 6.07) is 4.76. The largest absolute Gasteiger partial charge is 0.476 e. The van der Waals surface area contributed by atoms with Gasteiger partial charge in [0, 0.05) is 35.7 Å². The molecule has 0 unspecified atom stereocenters. The molecule has 2 aromatic heterocycles. The topological polar surface area (TPSA) is 68.0 Å². The van der Waals surface area contributed by atoms with E-state index in [0.29, 0.717) is 16.8 Å². The Kier molecular flexibility index (Phi) is 3.80. The van der Waals surface area contributed by atoms with Crippen molar-refractivity contribution in [2.45, 2.75) is 6.92 Å². The Morgan fingerprint density at radius 1 is 1.21 bits per heavy atom. The Morgan fingerprint density at radius 3 is 2.42 bits per heavy atom. The lowest BCUT2D eigenvalue weighted by molar-refractivity contribution is 0.0689. The van der Waals surface area contributed by atoms with Crippen LogP contribution in [0.5, 0.6) is 0 Å². The van der Waals surface area contributed by atoms with Gasteiger partial charge in [0.2, 0.25) is 0 Å². The fourth-order valence-corrected chi connectivity index (χ4v) is 2.39.